The van der Waals surface area contributed by atoms with Crippen molar-refractivity contribution < 1.29 is 9.90 Å². The van der Waals surface area contributed by atoms with Gasteiger partial charge in [0.15, 0.2) is 0 Å². The molecule has 0 saturated heterocycles. The lowest BCUT2D eigenvalue weighted by atomic mass is 10.2. The van der Waals surface area contributed by atoms with E-state index >= 15 is 0 Å². The lowest BCUT2D eigenvalue weighted by Crippen LogP contribution is -2.46. The summed E-state index contributed by atoms with van der Waals surface area (Å²) in [6, 6.07) is -0.166. The van der Waals surface area contributed by atoms with E-state index in [-0.39, 0.29) is 18.6 Å². The number of amides is 1. The maximum atomic E-state index is 11.7. The van der Waals surface area contributed by atoms with E-state index in [1.807, 2.05) is 18.7 Å². The van der Waals surface area contributed by atoms with Gasteiger partial charge in [0.05, 0.1) is 12.6 Å². The van der Waals surface area contributed by atoms with Crippen LogP contribution in [0.2, 0.25) is 0 Å². The van der Waals surface area contributed by atoms with Crippen LogP contribution in [0.5, 0.6) is 0 Å². The predicted molar refractivity (Wildman–Crippen MR) is 61.6 cm³/mol. The zero-order valence-electron chi connectivity index (χ0n) is 10.3. The highest BCUT2D eigenvalue weighted by atomic mass is 16.3. The van der Waals surface area contributed by atoms with Gasteiger partial charge in [-0.05, 0) is 19.4 Å². The fourth-order valence-corrected chi connectivity index (χ4v) is 1.37. The molecule has 4 nitrogen and oxygen atoms in total. The molecule has 0 aromatic heterocycles. The summed E-state index contributed by atoms with van der Waals surface area (Å²) in [5, 5.41) is 11.7. The molecule has 0 heterocycles. The van der Waals surface area contributed by atoms with Crippen LogP contribution in [-0.4, -0.2) is 48.2 Å². The van der Waals surface area contributed by atoms with Crippen molar-refractivity contribution in [3.8, 4) is 0 Å². The Morgan fingerprint density at radius 2 is 2.00 bits per heavy atom. The third-order valence-corrected chi connectivity index (χ3v) is 2.41. The number of nitrogens with one attached hydrogen (secondary N) is 1. The number of aliphatic hydroxyl groups excluding tert-OH is 1. The van der Waals surface area contributed by atoms with Crippen LogP contribution in [0.25, 0.3) is 0 Å². The van der Waals surface area contributed by atoms with Crippen molar-refractivity contribution in [2.75, 3.05) is 26.2 Å². The van der Waals surface area contributed by atoms with Gasteiger partial charge < -0.3 is 10.4 Å². The molecular formula is C11H24N2O2. The van der Waals surface area contributed by atoms with Crippen molar-refractivity contribution in [1.29, 1.82) is 0 Å². The summed E-state index contributed by atoms with van der Waals surface area (Å²) in [4.78, 5) is 13.6. The fourth-order valence-electron chi connectivity index (χ4n) is 1.37. The molecule has 0 spiro atoms. The molecule has 0 saturated carbocycles. The number of carbonyl (C=O) groups excluding carboxylic acids is 1. The molecule has 0 rings (SSSR count). The van der Waals surface area contributed by atoms with Crippen LogP contribution in [0.3, 0.4) is 0 Å². The second-order valence-corrected chi connectivity index (χ2v) is 4.17. The molecule has 4 heteroatoms. The van der Waals surface area contributed by atoms with Gasteiger partial charge in [0, 0.05) is 13.1 Å². The van der Waals surface area contributed by atoms with E-state index in [1.165, 1.54) is 0 Å². The number of nitrogens with zero attached hydrogens (tertiary/aromatic N) is 1. The summed E-state index contributed by atoms with van der Waals surface area (Å²) in [7, 11) is 0. The maximum absolute atomic E-state index is 11.7. The topological polar surface area (TPSA) is 52.6 Å². The Hall–Kier alpha value is -0.610. The summed E-state index contributed by atoms with van der Waals surface area (Å²) < 4.78 is 0. The highest BCUT2D eigenvalue weighted by Gasteiger charge is 2.18. The normalized spacial score (nSPS) is 13.3. The molecular weight excluding hydrogens is 192 g/mol. The van der Waals surface area contributed by atoms with Crippen LogP contribution in [-0.2, 0) is 4.79 Å². The van der Waals surface area contributed by atoms with Crippen LogP contribution >= 0.6 is 0 Å². The van der Waals surface area contributed by atoms with Crippen LogP contribution in [0, 0.1) is 5.92 Å². The van der Waals surface area contributed by atoms with E-state index in [0.717, 1.165) is 6.54 Å². The van der Waals surface area contributed by atoms with Crippen LogP contribution in [0.1, 0.15) is 27.7 Å². The molecule has 0 aromatic carbocycles. The molecule has 0 aliphatic rings. The van der Waals surface area contributed by atoms with Crippen LogP contribution in [0.15, 0.2) is 0 Å². The molecule has 0 aromatic rings. The van der Waals surface area contributed by atoms with Crippen molar-refractivity contribution in [3.63, 3.8) is 0 Å². The first-order valence-electron chi connectivity index (χ1n) is 5.65. The molecule has 90 valence electrons. The Labute approximate surface area is 92.7 Å². The zero-order chi connectivity index (χ0) is 11.8. The third-order valence-electron chi connectivity index (χ3n) is 2.41. The number of likely N-dealkylation sites (N-methyl/N-ethyl adjacent to an activating group) is 1. The van der Waals surface area contributed by atoms with E-state index in [1.54, 1.807) is 0 Å². The lowest BCUT2D eigenvalue weighted by Gasteiger charge is -2.26. The summed E-state index contributed by atoms with van der Waals surface area (Å²) in [5.74, 6) is 0.507. The molecule has 0 bridgehead atoms. The minimum atomic E-state index is -0.166. The van der Waals surface area contributed by atoms with Crippen molar-refractivity contribution in [3.05, 3.63) is 0 Å². The molecule has 0 fully saturated rings. The second-order valence-electron chi connectivity index (χ2n) is 4.17. The van der Waals surface area contributed by atoms with Crippen molar-refractivity contribution in [1.82, 2.24) is 10.2 Å². The van der Waals surface area contributed by atoms with Crippen molar-refractivity contribution >= 4 is 5.91 Å². The standard InChI is InChI=1S/C11H24N2O2/c1-5-13(6-7-14)10(4)11(15)12-8-9(2)3/h9-10,14H,5-8H2,1-4H3,(H,12,15). The Morgan fingerprint density at radius 1 is 1.40 bits per heavy atom. The molecule has 1 unspecified atom stereocenters. The summed E-state index contributed by atoms with van der Waals surface area (Å²) in [6.07, 6.45) is 0. The Bertz CT molecular complexity index is 183. The van der Waals surface area contributed by atoms with Gasteiger partial charge >= 0.3 is 0 Å². The van der Waals surface area contributed by atoms with Crippen LogP contribution in [0.4, 0.5) is 0 Å². The SMILES string of the molecule is CCN(CCO)C(C)C(=O)NCC(C)C. The first-order chi connectivity index (χ1) is 7.02. The lowest BCUT2D eigenvalue weighted by molar-refractivity contribution is -0.126. The molecule has 1 amide bonds. The first-order valence-corrected chi connectivity index (χ1v) is 5.65. The van der Waals surface area contributed by atoms with Gasteiger partial charge in [-0.1, -0.05) is 20.8 Å². The highest BCUT2D eigenvalue weighted by Crippen LogP contribution is 1.99. The largest absolute Gasteiger partial charge is 0.395 e. The quantitative estimate of drug-likeness (QED) is 0.650. The fraction of sp³-hybridized carbons (Fsp3) is 0.909. The first kappa shape index (κ1) is 14.4. The third kappa shape index (κ3) is 5.74. The van der Waals surface area contributed by atoms with E-state index < -0.39 is 0 Å². The number of rotatable bonds is 7. The maximum Gasteiger partial charge on any atom is 0.237 e. The Balaban J connectivity index is 4.04. The molecule has 0 radical (unpaired) electrons. The van der Waals surface area contributed by atoms with E-state index in [4.69, 9.17) is 5.11 Å². The minimum absolute atomic E-state index is 0.0407. The molecule has 2 N–H and O–H groups in total. The van der Waals surface area contributed by atoms with Gasteiger partial charge in [-0.25, -0.2) is 0 Å². The van der Waals surface area contributed by atoms with Gasteiger partial charge in [0.1, 0.15) is 0 Å². The molecule has 0 aliphatic carbocycles. The summed E-state index contributed by atoms with van der Waals surface area (Å²) in [6.45, 7) is 10.1. The number of aliphatic hydroxyl groups is 1. The Kier molecular flexibility index (Phi) is 7.34. The molecule has 0 aliphatic heterocycles. The van der Waals surface area contributed by atoms with E-state index in [2.05, 4.69) is 19.2 Å². The average molecular weight is 216 g/mol. The Morgan fingerprint density at radius 3 is 2.40 bits per heavy atom. The minimum Gasteiger partial charge on any atom is -0.395 e. The predicted octanol–water partition coefficient (Wildman–Crippen LogP) is 0.461. The van der Waals surface area contributed by atoms with Crippen molar-refractivity contribution in [2.24, 2.45) is 5.92 Å². The van der Waals surface area contributed by atoms with Crippen molar-refractivity contribution in [2.45, 2.75) is 33.7 Å². The van der Waals surface area contributed by atoms with E-state index in [0.29, 0.717) is 19.0 Å². The molecule has 1 atom stereocenters. The smallest absolute Gasteiger partial charge is 0.237 e. The molecule has 15 heavy (non-hydrogen) atoms. The number of hydrogen-bond donors (Lipinski definition) is 2. The van der Waals surface area contributed by atoms with Gasteiger partial charge in [-0.3, -0.25) is 9.69 Å². The number of hydrogen-bond acceptors (Lipinski definition) is 3. The van der Waals surface area contributed by atoms with Crippen LogP contribution < -0.4 is 5.32 Å². The van der Waals surface area contributed by atoms with Gasteiger partial charge in [0.2, 0.25) is 5.91 Å². The van der Waals surface area contributed by atoms with Gasteiger partial charge in [-0.2, -0.15) is 0 Å². The van der Waals surface area contributed by atoms with Gasteiger partial charge in [-0.15, -0.1) is 0 Å². The average Bonchev–Trinajstić information content (AvgIpc) is 2.21. The van der Waals surface area contributed by atoms with Gasteiger partial charge in [0.25, 0.3) is 0 Å². The summed E-state index contributed by atoms with van der Waals surface area (Å²) >= 11 is 0. The monoisotopic (exact) mass is 216 g/mol. The number of carbonyl (C=O) groups is 1. The summed E-state index contributed by atoms with van der Waals surface area (Å²) in [5.41, 5.74) is 0. The zero-order valence-corrected chi connectivity index (χ0v) is 10.3. The second kappa shape index (κ2) is 7.65. The van der Waals surface area contributed by atoms with E-state index in [9.17, 15) is 4.79 Å². The highest BCUT2D eigenvalue weighted by molar-refractivity contribution is 5.81.